The minimum absolute atomic E-state index is 0.316. The van der Waals surface area contributed by atoms with E-state index in [0.717, 1.165) is 37.5 Å². The summed E-state index contributed by atoms with van der Waals surface area (Å²) in [5.41, 5.74) is 2.42. The summed E-state index contributed by atoms with van der Waals surface area (Å²) < 4.78 is 19.2. The van der Waals surface area contributed by atoms with Crippen LogP contribution in [-0.2, 0) is 4.74 Å². The highest BCUT2D eigenvalue weighted by molar-refractivity contribution is 5.69. The molecule has 1 aromatic heterocycles. The Morgan fingerprint density at radius 2 is 1.94 bits per heavy atom. The number of nitrogens with zero attached hydrogens (tertiary/aromatic N) is 4. The molecule has 3 fully saturated rings. The molecule has 3 heterocycles. The van der Waals surface area contributed by atoms with Gasteiger partial charge in [-0.3, -0.25) is 0 Å². The summed E-state index contributed by atoms with van der Waals surface area (Å²) in [5, 5.41) is 22.0. The van der Waals surface area contributed by atoms with E-state index in [4.69, 9.17) is 4.74 Å². The Kier molecular flexibility index (Phi) is 6.07. The SMILES string of the molecule is Cc1c(-c2cccc(F)c2)nnc(NC2C[C@@H]3CN(CC4CCOCC4)C[C@@H]3C2)c1C#N. The molecule has 1 N–H and O–H groups in total. The number of likely N-dealkylation sites (tertiary alicyclic amines) is 1. The summed E-state index contributed by atoms with van der Waals surface area (Å²) in [6.07, 6.45) is 4.59. The van der Waals surface area contributed by atoms with Crippen LogP contribution >= 0.6 is 0 Å². The Morgan fingerprint density at radius 3 is 2.62 bits per heavy atom. The van der Waals surface area contributed by atoms with Crippen LogP contribution in [0.4, 0.5) is 10.2 Å². The van der Waals surface area contributed by atoms with Gasteiger partial charge in [0.1, 0.15) is 17.4 Å². The zero-order chi connectivity index (χ0) is 22.1. The Morgan fingerprint density at radius 1 is 1.19 bits per heavy atom. The van der Waals surface area contributed by atoms with E-state index >= 15 is 0 Å². The molecule has 6 nitrogen and oxygen atoms in total. The highest BCUT2D eigenvalue weighted by Gasteiger charge is 2.41. The molecule has 168 valence electrons. The number of anilines is 1. The predicted octanol–water partition coefficient (Wildman–Crippen LogP) is 4.01. The van der Waals surface area contributed by atoms with Crippen molar-refractivity contribution >= 4 is 5.82 Å². The summed E-state index contributed by atoms with van der Waals surface area (Å²) in [7, 11) is 0. The number of hydrogen-bond donors (Lipinski definition) is 1. The van der Waals surface area contributed by atoms with Crippen LogP contribution in [0.2, 0.25) is 0 Å². The average Bonchev–Trinajstić information content (AvgIpc) is 3.32. The quantitative estimate of drug-likeness (QED) is 0.765. The third-order valence-electron chi connectivity index (χ3n) is 7.45. The molecule has 0 radical (unpaired) electrons. The van der Waals surface area contributed by atoms with Crippen LogP contribution in [0, 0.1) is 41.8 Å². The smallest absolute Gasteiger partial charge is 0.167 e. The molecule has 1 aromatic carbocycles. The molecule has 5 rings (SSSR count). The third kappa shape index (κ3) is 4.35. The second-order valence-electron chi connectivity index (χ2n) is 9.63. The first kappa shape index (κ1) is 21.3. The van der Waals surface area contributed by atoms with Crippen molar-refractivity contribution in [3.63, 3.8) is 0 Å². The first-order valence-electron chi connectivity index (χ1n) is 11.7. The van der Waals surface area contributed by atoms with Gasteiger partial charge in [0.2, 0.25) is 0 Å². The fourth-order valence-electron chi connectivity index (χ4n) is 5.82. The molecule has 32 heavy (non-hydrogen) atoms. The maximum absolute atomic E-state index is 13.7. The van der Waals surface area contributed by atoms with Crippen LogP contribution in [0.25, 0.3) is 11.3 Å². The molecule has 0 amide bonds. The van der Waals surface area contributed by atoms with Crippen LogP contribution in [0.1, 0.15) is 36.8 Å². The van der Waals surface area contributed by atoms with E-state index in [1.165, 1.54) is 44.6 Å². The van der Waals surface area contributed by atoms with E-state index in [2.05, 4.69) is 26.5 Å². The highest BCUT2D eigenvalue weighted by atomic mass is 19.1. The van der Waals surface area contributed by atoms with Gasteiger partial charge < -0.3 is 15.0 Å². The Labute approximate surface area is 188 Å². The molecule has 1 aliphatic carbocycles. The van der Waals surface area contributed by atoms with Crippen molar-refractivity contribution in [2.24, 2.45) is 17.8 Å². The largest absolute Gasteiger partial charge is 0.381 e. The zero-order valence-corrected chi connectivity index (χ0v) is 18.6. The van der Waals surface area contributed by atoms with Crippen molar-refractivity contribution in [1.82, 2.24) is 15.1 Å². The van der Waals surface area contributed by atoms with Crippen LogP contribution in [-0.4, -0.2) is 54.0 Å². The lowest BCUT2D eigenvalue weighted by atomic mass is 10.00. The molecule has 7 heteroatoms. The molecule has 0 spiro atoms. The van der Waals surface area contributed by atoms with Crippen molar-refractivity contribution in [3.8, 4) is 17.3 Å². The van der Waals surface area contributed by atoms with Gasteiger partial charge in [0.05, 0.1) is 5.69 Å². The predicted molar refractivity (Wildman–Crippen MR) is 120 cm³/mol. The summed E-state index contributed by atoms with van der Waals surface area (Å²) in [5.74, 6) is 2.42. The lowest BCUT2D eigenvalue weighted by Gasteiger charge is -2.27. The molecule has 3 aliphatic rings. The summed E-state index contributed by atoms with van der Waals surface area (Å²) in [6, 6.07) is 8.86. The summed E-state index contributed by atoms with van der Waals surface area (Å²) in [6.45, 7) is 7.24. The number of aromatic nitrogens is 2. The van der Waals surface area contributed by atoms with Crippen molar-refractivity contribution in [3.05, 3.63) is 41.2 Å². The summed E-state index contributed by atoms with van der Waals surface area (Å²) in [4.78, 5) is 2.65. The van der Waals surface area contributed by atoms with E-state index in [9.17, 15) is 9.65 Å². The first-order valence-corrected chi connectivity index (χ1v) is 11.7. The Balaban J connectivity index is 1.23. The number of benzene rings is 1. The van der Waals surface area contributed by atoms with Gasteiger partial charge in [0.15, 0.2) is 5.82 Å². The molecular weight excluding hydrogens is 405 g/mol. The van der Waals surface area contributed by atoms with Crippen LogP contribution in [0.3, 0.4) is 0 Å². The van der Waals surface area contributed by atoms with E-state index in [1.807, 2.05) is 6.92 Å². The number of fused-ring (bicyclic) bond motifs is 1. The molecule has 2 saturated heterocycles. The number of rotatable bonds is 5. The van der Waals surface area contributed by atoms with Gasteiger partial charge in [-0.05, 0) is 68.1 Å². The topological polar surface area (TPSA) is 74.1 Å². The van der Waals surface area contributed by atoms with Gasteiger partial charge in [-0.1, -0.05) is 12.1 Å². The summed E-state index contributed by atoms with van der Waals surface area (Å²) >= 11 is 0. The Hall–Kier alpha value is -2.56. The fourth-order valence-corrected chi connectivity index (χ4v) is 5.82. The standard InChI is InChI=1S/C25H30FN5O/c1-16-23(12-27)25(30-29-24(16)18-3-2-4-21(26)9-18)28-22-10-19-14-31(15-20(19)11-22)13-17-5-7-32-8-6-17/h2-4,9,17,19-20,22H,5-8,10-11,13-15H2,1H3,(H,28,30)/t19-,20+,22?. The second kappa shape index (κ2) is 9.13. The van der Waals surface area contributed by atoms with Crippen molar-refractivity contribution in [2.75, 3.05) is 38.2 Å². The number of halogens is 1. The maximum Gasteiger partial charge on any atom is 0.167 e. The lowest BCUT2D eigenvalue weighted by molar-refractivity contribution is 0.0545. The maximum atomic E-state index is 13.7. The van der Waals surface area contributed by atoms with E-state index < -0.39 is 0 Å². The zero-order valence-electron chi connectivity index (χ0n) is 18.6. The van der Waals surface area contributed by atoms with Gasteiger partial charge in [-0.25, -0.2) is 4.39 Å². The van der Waals surface area contributed by atoms with Crippen molar-refractivity contribution in [2.45, 2.75) is 38.6 Å². The lowest BCUT2D eigenvalue weighted by Crippen LogP contribution is -2.32. The molecule has 3 atom stereocenters. The van der Waals surface area contributed by atoms with E-state index in [-0.39, 0.29) is 5.82 Å². The molecule has 0 bridgehead atoms. The third-order valence-corrected chi connectivity index (χ3v) is 7.45. The highest BCUT2D eigenvalue weighted by Crippen LogP contribution is 2.40. The van der Waals surface area contributed by atoms with Gasteiger partial charge in [-0.2, -0.15) is 5.26 Å². The first-order chi connectivity index (χ1) is 15.6. The molecular formula is C25H30FN5O. The average molecular weight is 436 g/mol. The van der Waals surface area contributed by atoms with Crippen LogP contribution in [0.15, 0.2) is 24.3 Å². The molecule has 1 unspecified atom stereocenters. The van der Waals surface area contributed by atoms with Gasteiger partial charge in [0.25, 0.3) is 0 Å². The second-order valence-corrected chi connectivity index (χ2v) is 9.63. The molecule has 2 aromatic rings. The number of nitriles is 1. The van der Waals surface area contributed by atoms with Crippen LogP contribution < -0.4 is 5.32 Å². The van der Waals surface area contributed by atoms with Gasteiger partial charge in [0, 0.05) is 44.5 Å². The number of ether oxygens (including phenoxy) is 1. The fraction of sp³-hybridized carbons (Fsp3) is 0.560. The van der Waals surface area contributed by atoms with Crippen LogP contribution in [0.5, 0.6) is 0 Å². The molecule has 2 aliphatic heterocycles. The van der Waals surface area contributed by atoms with Crippen molar-refractivity contribution in [1.29, 1.82) is 5.26 Å². The van der Waals surface area contributed by atoms with Gasteiger partial charge in [-0.15, -0.1) is 10.2 Å². The van der Waals surface area contributed by atoms with Gasteiger partial charge >= 0.3 is 0 Å². The minimum atomic E-state index is -0.326. The Bertz CT molecular complexity index is 1000. The van der Waals surface area contributed by atoms with E-state index in [1.54, 1.807) is 12.1 Å². The normalized spacial score (nSPS) is 26.1. The minimum Gasteiger partial charge on any atom is -0.381 e. The number of nitrogens with one attached hydrogen (secondary N) is 1. The van der Waals surface area contributed by atoms with E-state index in [0.29, 0.717) is 40.5 Å². The molecule has 1 saturated carbocycles. The van der Waals surface area contributed by atoms with Crippen molar-refractivity contribution < 1.29 is 9.13 Å². The number of hydrogen-bond acceptors (Lipinski definition) is 6. The monoisotopic (exact) mass is 435 g/mol.